The topological polar surface area (TPSA) is 20.2 Å². The third-order valence-electron chi connectivity index (χ3n) is 2.48. The minimum atomic E-state index is 0.504. The zero-order valence-electron chi connectivity index (χ0n) is 9.62. The van der Waals surface area contributed by atoms with E-state index in [1.807, 2.05) is 30.0 Å². The summed E-state index contributed by atoms with van der Waals surface area (Å²) in [6.45, 7) is 4.28. The summed E-state index contributed by atoms with van der Waals surface area (Å²) in [5, 5.41) is 9.93. The second-order valence-corrected chi connectivity index (χ2v) is 4.79. The smallest absolute Gasteiger partial charge is 0.122 e. The third kappa shape index (κ3) is 3.78. The van der Waals surface area contributed by atoms with Crippen LogP contribution in [0.3, 0.4) is 0 Å². The molecule has 84 valence electrons. The number of aryl methyl sites for hydroxylation is 1. The molecule has 0 saturated heterocycles. The van der Waals surface area contributed by atoms with Gasteiger partial charge in [0.25, 0.3) is 0 Å². The number of aromatic hydroxyl groups is 1. The van der Waals surface area contributed by atoms with Crippen LogP contribution in [-0.4, -0.2) is 10.9 Å². The first-order valence-electron chi connectivity index (χ1n) is 5.67. The van der Waals surface area contributed by atoms with Gasteiger partial charge in [0.05, 0.1) is 0 Å². The summed E-state index contributed by atoms with van der Waals surface area (Å²) in [7, 11) is 0. The van der Waals surface area contributed by atoms with Gasteiger partial charge in [-0.1, -0.05) is 38.5 Å². The maximum Gasteiger partial charge on any atom is 0.122 e. The van der Waals surface area contributed by atoms with Gasteiger partial charge in [-0.2, -0.15) is 11.8 Å². The van der Waals surface area contributed by atoms with Crippen molar-refractivity contribution >= 4 is 11.8 Å². The summed E-state index contributed by atoms with van der Waals surface area (Å²) in [6, 6.07) is 6.05. The number of para-hydroxylation sites is 1. The van der Waals surface area contributed by atoms with Crippen molar-refractivity contribution in [1.29, 1.82) is 0 Å². The molecule has 0 amide bonds. The summed E-state index contributed by atoms with van der Waals surface area (Å²) in [4.78, 5) is 0. The van der Waals surface area contributed by atoms with Crippen LogP contribution in [0.15, 0.2) is 18.2 Å². The largest absolute Gasteiger partial charge is 0.507 e. The molecule has 0 aromatic heterocycles. The molecule has 0 saturated carbocycles. The van der Waals surface area contributed by atoms with Gasteiger partial charge in [0.2, 0.25) is 0 Å². The van der Waals surface area contributed by atoms with Gasteiger partial charge in [-0.3, -0.25) is 0 Å². The van der Waals surface area contributed by atoms with E-state index in [0.29, 0.717) is 5.75 Å². The van der Waals surface area contributed by atoms with Gasteiger partial charge < -0.3 is 5.11 Å². The van der Waals surface area contributed by atoms with Gasteiger partial charge in [-0.05, 0) is 24.2 Å². The lowest BCUT2D eigenvalue weighted by molar-refractivity contribution is 0.464. The number of hydrogen-bond donors (Lipinski definition) is 1. The van der Waals surface area contributed by atoms with Gasteiger partial charge in [-0.15, -0.1) is 0 Å². The van der Waals surface area contributed by atoms with Crippen molar-refractivity contribution in [1.82, 2.24) is 0 Å². The number of benzene rings is 1. The Morgan fingerprint density at radius 1 is 1.20 bits per heavy atom. The zero-order chi connectivity index (χ0) is 11.1. The minimum Gasteiger partial charge on any atom is -0.507 e. The van der Waals surface area contributed by atoms with Crippen molar-refractivity contribution in [3.63, 3.8) is 0 Å². The molecule has 1 nitrogen and oxygen atoms in total. The second kappa shape index (κ2) is 6.78. The highest BCUT2D eigenvalue weighted by molar-refractivity contribution is 7.98. The molecule has 2 heteroatoms. The molecule has 1 aromatic carbocycles. The number of rotatable bonds is 6. The van der Waals surface area contributed by atoms with Crippen molar-refractivity contribution < 1.29 is 5.11 Å². The van der Waals surface area contributed by atoms with Crippen LogP contribution in [0.5, 0.6) is 5.75 Å². The summed E-state index contributed by atoms with van der Waals surface area (Å²) < 4.78 is 0. The van der Waals surface area contributed by atoms with Crippen molar-refractivity contribution in [2.75, 3.05) is 5.75 Å². The predicted octanol–water partition coefficient (Wildman–Crippen LogP) is 3.99. The van der Waals surface area contributed by atoms with Crippen LogP contribution in [0, 0.1) is 0 Å². The van der Waals surface area contributed by atoms with Crippen LogP contribution in [0.2, 0.25) is 0 Å². The SMILES string of the molecule is CCCCSCc1cccc(CC)c1O. The molecule has 0 heterocycles. The van der Waals surface area contributed by atoms with Gasteiger partial charge in [0, 0.05) is 11.3 Å². The van der Waals surface area contributed by atoms with Gasteiger partial charge in [-0.25, -0.2) is 0 Å². The number of hydrogen-bond acceptors (Lipinski definition) is 2. The van der Waals surface area contributed by atoms with E-state index in [2.05, 4.69) is 13.8 Å². The first-order chi connectivity index (χ1) is 7.29. The molecule has 0 fully saturated rings. The third-order valence-corrected chi connectivity index (χ3v) is 3.58. The average Bonchev–Trinajstić information content (AvgIpc) is 2.26. The van der Waals surface area contributed by atoms with E-state index in [4.69, 9.17) is 0 Å². The van der Waals surface area contributed by atoms with Crippen LogP contribution in [0.1, 0.15) is 37.8 Å². The van der Waals surface area contributed by atoms with Crippen molar-refractivity contribution in [3.05, 3.63) is 29.3 Å². The zero-order valence-corrected chi connectivity index (χ0v) is 10.4. The van der Waals surface area contributed by atoms with Gasteiger partial charge in [0.1, 0.15) is 5.75 Å². The Kier molecular flexibility index (Phi) is 5.62. The fraction of sp³-hybridized carbons (Fsp3) is 0.538. The lowest BCUT2D eigenvalue weighted by Crippen LogP contribution is -1.89. The normalized spacial score (nSPS) is 10.5. The summed E-state index contributed by atoms with van der Waals surface area (Å²) in [6.07, 6.45) is 3.41. The molecule has 0 aliphatic rings. The van der Waals surface area contributed by atoms with Crippen molar-refractivity contribution in [2.24, 2.45) is 0 Å². The van der Waals surface area contributed by atoms with E-state index in [1.54, 1.807) is 0 Å². The minimum absolute atomic E-state index is 0.504. The molecular weight excluding hydrogens is 204 g/mol. The lowest BCUT2D eigenvalue weighted by Gasteiger charge is -2.07. The maximum atomic E-state index is 9.93. The van der Waals surface area contributed by atoms with E-state index in [9.17, 15) is 5.11 Å². The molecule has 0 aliphatic heterocycles. The van der Waals surface area contributed by atoms with E-state index in [-0.39, 0.29) is 0 Å². The molecule has 0 radical (unpaired) electrons. The van der Waals surface area contributed by atoms with Gasteiger partial charge >= 0.3 is 0 Å². The summed E-state index contributed by atoms with van der Waals surface area (Å²) in [5.74, 6) is 2.62. The summed E-state index contributed by atoms with van der Waals surface area (Å²) in [5.41, 5.74) is 2.14. The Morgan fingerprint density at radius 3 is 2.60 bits per heavy atom. The molecule has 0 bridgehead atoms. The molecule has 1 rings (SSSR count). The fourth-order valence-corrected chi connectivity index (χ4v) is 2.56. The fourth-order valence-electron chi connectivity index (χ4n) is 1.47. The van der Waals surface area contributed by atoms with E-state index < -0.39 is 0 Å². The monoisotopic (exact) mass is 224 g/mol. The van der Waals surface area contributed by atoms with Crippen LogP contribution < -0.4 is 0 Å². The van der Waals surface area contributed by atoms with Crippen LogP contribution in [-0.2, 0) is 12.2 Å². The van der Waals surface area contributed by atoms with E-state index in [1.165, 1.54) is 18.6 Å². The Balaban J connectivity index is 2.53. The number of phenolic OH excluding ortho intramolecular Hbond substituents is 1. The van der Waals surface area contributed by atoms with E-state index in [0.717, 1.165) is 23.3 Å². The molecule has 15 heavy (non-hydrogen) atoms. The van der Waals surface area contributed by atoms with Gasteiger partial charge in [0.15, 0.2) is 0 Å². The second-order valence-electron chi connectivity index (χ2n) is 3.68. The first kappa shape index (κ1) is 12.4. The molecule has 0 aliphatic carbocycles. The van der Waals surface area contributed by atoms with Crippen molar-refractivity contribution in [3.8, 4) is 5.75 Å². The quantitative estimate of drug-likeness (QED) is 0.737. The summed E-state index contributed by atoms with van der Waals surface area (Å²) >= 11 is 1.90. The van der Waals surface area contributed by atoms with Crippen LogP contribution >= 0.6 is 11.8 Å². The molecule has 0 unspecified atom stereocenters. The van der Waals surface area contributed by atoms with Crippen molar-refractivity contribution in [2.45, 2.75) is 38.9 Å². The molecular formula is C13H20OS. The maximum absolute atomic E-state index is 9.93. The predicted molar refractivity (Wildman–Crippen MR) is 68.6 cm³/mol. The molecule has 0 atom stereocenters. The highest BCUT2D eigenvalue weighted by atomic mass is 32.2. The highest BCUT2D eigenvalue weighted by Gasteiger charge is 2.04. The first-order valence-corrected chi connectivity index (χ1v) is 6.82. The Hall–Kier alpha value is -0.630. The molecule has 0 spiro atoms. The Morgan fingerprint density at radius 2 is 1.93 bits per heavy atom. The molecule has 1 N–H and O–H groups in total. The molecule has 1 aromatic rings. The number of unbranched alkanes of at least 4 members (excludes halogenated alkanes) is 1. The Bertz CT molecular complexity index is 297. The van der Waals surface area contributed by atoms with E-state index >= 15 is 0 Å². The van der Waals surface area contributed by atoms with Crippen LogP contribution in [0.4, 0.5) is 0 Å². The Labute approximate surface area is 96.9 Å². The highest BCUT2D eigenvalue weighted by Crippen LogP contribution is 2.26. The average molecular weight is 224 g/mol. The number of phenols is 1. The lowest BCUT2D eigenvalue weighted by atomic mass is 10.1. The van der Waals surface area contributed by atoms with Crippen LogP contribution in [0.25, 0.3) is 0 Å². The number of thioether (sulfide) groups is 1. The standard InChI is InChI=1S/C13H20OS/c1-3-5-9-15-10-12-8-6-7-11(4-2)13(12)14/h6-8,14H,3-5,9-10H2,1-2H3.